The highest BCUT2D eigenvalue weighted by Gasteiger charge is 2.23. The molecule has 2 nitrogen and oxygen atoms in total. The molecule has 0 spiro atoms. The van der Waals surface area contributed by atoms with E-state index in [4.69, 9.17) is 5.11 Å². The summed E-state index contributed by atoms with van der Waals surface area (Å²) in [4.78, 5) is 11.1. The van der Waals surface area contributed by atoms with Gasteiger partial charge in [0.05, 0.1) is 5.41 Å². The highest BCUT2D eigenvalue weighted by Crippen LogP contribution is 2.25. The van der Waals surface area contributed by atoms with E-state index in [9.17, 15) is 4.79 Å². The van der Waals surface area contributed by atoms with Crippen LogP contribution >= 0.6 is 0 Å². The largest absolute Gasteiger partial charge is 0.481 e. The predicted molar refractivity (Wildman–Crippen MR) is 79.4 cm³/mol. The summed E-state index contributed by atoms with van der Waals surface area (Å²) in [6.45, 7) is 7.70. The molecule has 0 radical (unpaired) electrons. The number of allylic oxidation sites excluding steroid dienone is 1. The van der Waals surface area contributed by atoms with Gasteiger partial charge in [0.15, 0.2) is 0 Å². The molecule has 1 unspecified atom stereocenters. The molecule has 1 atom stereocenters. The summed E-state index contributed by atoms with van der Waals surface area (Å²) in [5.74, 6) is -0.510. The summed E-state index contributed by atoms with van der Waals surface area (Å²) < 4.78 is 0. The van der Waals surface area contributed by atoms with E-state index in [2.05, 4.69) is 38.1 Å². The highest BCUT2D eigenvalue weighted by atomic mass is 16.4. The van der Waals surface area contributed by atoms with Crippen molar-refractivity contribution in [2.45, 2.75) is 46.5 Å². The van der Waals surface area contributed by atoms with Crippen LogP contribution in [0.3, 0.4) is 0 Å². The van der Waals surface area contributed by atoms with E-state index >= 15 is 0 Å². The van der Waals surface area contributed by atoms with Gasteiger partial charge in [-0.05, 0) is 37.8 Å². The molecule has 104 valence electrons. The minimum Gasteiger partial charge on any atom is -0.481 e. The van der Waals surface area contributed by atoms with Crippen molar-refractivity contribution in [1.82, 2.24) is 0 Å². The molecule has 0 fully saturated rings. The first-order chi connectivity index (χ1) is 8.90. The molecular formula is C17H24O2. The lowest BCUT2D eigenvalue weighted by Gasteiger charge is -2.16. The van der Waals surface area contributed by atoms with E-state index in [1.54, 1.807) is 19.9 Å². The molecule has 0 aliphatic heterocycles. The van der Waals surface area contributed by atoms with Gasteiger partial charge in [0, 0.05) is 5.92 Å². The third-order valence-electron chi connectivity index (χ3n) is 3.55. The maximum Gasteiger partial charge on any atom is 0.312 e. The van der Waals surface area contributed by atoms with Gasteiger partial charge in [0.25, 0.3) is 0 Å². The predicted octanol–water partition coefficient (Wildman–Crippen LogP) is 4.41. The Balaban J connectivity index is 2.88. The Morgan fingerprint density at radius 3 is 2.26 bits per heavy atom. The van der Waals surface area contributed by atoms with E-state index in [-0.39, 0.29) is 5.92 Å². The minimum absolute atomic E-state index is 0.282. The average molecular weight is 260 g/mol. The van der Waals surface area contributed by atoms with E-state index < -0.39 is 11.4 Å². The lowest BCUT2D eigenvalue weighted by Crippen LogP contribution is -2.20. The quantitative estimate of drug-likeness (QED) is 0.769. The van der Waals surface area contributed by atoms with Crippen LogP contribution in [0.4, 0.5) is 0 Å². The van der Waals surface area contributed by atoms with Gasteiger partial charge in [0.2, 0.25) is 0 Å². The molecule has 2 heteroatoms. The number of carboxylic acids is 1. The molecule has 0 saturated heterocycles. The van der Waals surface area contributed by atoms with Crippen LogP contribution in [0.25, 0.3) is 0 Å². The Morgan fingerprint density at radius 2 is 1.84 bits per heavy atom. The maximum atomic E-state index is 11.1. The first kappa shape index (κ1) is 15.5. The van der Waals surface area contributed by atoms with Crippen LogP contribution in [0.15, 0.2) is 36.4 Å². The van der Waals surface area contributed by atoms with Gasteiger partial charge in [-0.1, -0.05) is 50.3 Å². The zero-order chi connectivity index (χ0) is 14.5. The zero-order valence-corrected chi connectivity index (χ0v) is 12.3. The molecule has 0 aromatic heterocycles. The first-order valence-corrected chi connectivity index (χ1v) is 6.92. The second kappa shape index (κ2) is 6.55. The molecule has 1 aromatic carbocycles. The molecule has 0 bridgehead atoms. The number of carbonyl (C=O) groups is 1. The maximum absolute atomic E-state index is 11.1. The molecule has 19 heavy (non-hydrogen) atoms. The topological polar surface area (TPSA) is 37.3 Å². The molecule has 1 N–H and O–H groups in total. The summed E-state index contributed by atoms with van der Waals surface area (Å²) in [5.41, 5.74) is 1.77. The second-order valence-corrected chi connectivity index (χ2v) is 5.50. The fraction of sp³-hybridized carbons (Fsp3) is 0.471. The summed E-state index contributed by atoms with van der Waals surface area (Å²) in [6, 6.07) is 8.58. The van der Waals surface area contributed by atoms with Crippen molar-refractivity contribution in [2.75, 3.05) is 0 Å². The standard InChI is InChI=1S/C17H24O2/c1-5-13-7-9-15(10-8-13)14(6-2)11-12-17(3,4)16(18)19/h7-12,14H,5-6H2,1-4H3,(H,18,19). The van der Waals surface area contributed by atoms with E-state index in [1.165, 1.54) is 11.1 Å². The van der Waals surface area contributed by atoms with Gasteiger partial charge in [-0.25, -0.2) is 0 Å². The van der Waals surface area contributed by atoms with Crippen molar-refractivity contribution < 1.29 is 9.90 Å². The van der Waals surface area contributed by atoms with Gasteiger partial charge in [-0.15, -0.1) is 0 Å². The Hall–Kier alpha value is -1.57. The van der Waals surface area contributed by atoms with Crippen LogP contribution in [-0.2, 0) is 11.2 Å². The molecular weight excluding hydrogens is 236 g/mol. The van der Waals surface area contributed by atoms with Crippen molar-refractivity contribution in [3.63, 3.8) is 0 Å². The van der Waals surface area contributed by atoms with Gasteiger partial charge in [-0.3, -0.25) is 4.79 Å². The van der Waals surface area contributed by atoms with Crippen LogP contribution in [-0.4, -0.2) is 11.1 Å². The molecule has 0 aliphatic carbocycles. The van der Waals surface area contributed by atoms with Gasteiger partial charge in [-0.2, -0.15) is 0 Å². The Morgan fingerprint density at radius 1 is 1.26 bits per heavy atom. The lowest BCUT2D eigenvalue weighted by atomic mass is 9.88. The van der Waals surface area contributed by atoms with E-state index in [0.29, 0.717) is 0 Å². The number of hydrogen-bond acceptors (Lipinski definition) is 1. The normalized spacial score (nSPS) is 13.7. The average Bonchev–Trinajstić information content (AvgIpc) is 2.40. The molecule has 1 rings (SSSR count). The Labute approximate surface area is 116 Å². The highest BCUT2D eigenvalue weighted by molar-refractivity contribution is 5.75. The van der Waals surface area contributed by atoms with Crippen LogP contribution in [0.1, 0.15) is 51.2 Å². The van der Waals surface area contributed by atoms with Crippen molar-refractivity contribution >= 4 is 5.97 Å². The summed E-state index contributed by atoms with van der Waals surface area (Å²) in [7, 11) is 0. The molecule has 0 saturated carbocycles. The smallest absolute Gasteiger partial charge is 0.312 e. The van der Waals surface area contributed by atoms with Crippen molar-refractivity contribution in [3.05, 3.63) is 47.5 Å². The Bertz CT molecular complexity index is 441. The molecule has 0 heterocycles. The van der Waals surface area contributed by atoms with Crippen molar-refractivity contribution in [3.8, 4) is 0 Å². The number of rotatable bonds is 6. The summed E-state index contributed by atoms with van der Waals surface area (Å²) >= 11 is 0. The fourth-order valence-electron chi connectivity index (χ4n) is 1.91. The zero-order valence-electron chi connectivity index (χ0n) is 12.3. The lowest BCUT2D eigenvalue weighted by molar-refractivity contribution is -0.144. The number of hydrogen-bond donors (Lipinski definition) is 1. The van der Waals surface area contributed by atoms with Crippen molar-refractivity contribution in [1.29, 1.82) is 0 Å². The number of aliphatic carboxylic acids is 1. The second-order valence-electron chi connectivity index (χ2n) is 5.50. The third-order valence-corrected chi connectivity index (χ3v) is 3.55. The summed E-state index contributed by atoms with van der Waals surface area (Å²) in [6.07, 6.45) is 5.84. The van der Waals surface area contributed by atoms with Crippen LogP contribution < -0.4 is 0 Å². The van der Waals surface area contributed by atoms with Crippen molar-refractivity contribution in [2.24, 2.45) is 5.41 Å². The number of aryl methyl sites for hydroxylation is 1. The van der Waals surface area contributed by atoms with Crippen LogP contribution in [0.2, 0.25) is 0 Å². The van der Waals surface area contributed by atoms with Crippen LogP contribution in [0.5, 0.6) is 0 Å². The number of carboxylic acid groups (broad SMARTS) is 1. The molecule has 0 aliphatic rings. The molecule has 0 amide bonds. The van der Waals surface area contributed by atoms with Gasteiger partial charge in [0.1, 0.15) is 0 Å². The van der Waals surface area contributed by atoms with Gasteiger partial charge >= 0.3 is 5.97 Å². The van der Waals surface area contributed by atoms with E-state index in [0.717, 1.165) is 12.8 Å². The molecule has 1 aromatic rings. The van der Waals surface area contributed by atoms with Crippen LogP contribution in [0, 0.1) is 5.41 Å². The first-order valence-electron chi connectivity index (χ1n) is 6.92. The monoisotopic (exact) mass is 260 g/mol. The SMILES string of the molecule is CCc1ccc(C(C=CC(C)(C)C(=O)O)CC)cc1. The number of benzene rings is 1. The third kappa shape index (κ3) is 4.23. The Kier molecular flexibility index (Phi) is 5.34. The fourth-order valence-corrected chi connectivity index (χ4v) is 1.91. The van der Waals surface area contributed by atoms with E-state index in [1.807, 2.05) is 6.08 Å². The van der Waals surface area contributed by atoms with Gasteiger partial charge < -0.3 is 5.11 Å². The minimum atomic E-state index is -0.809. The summed E-state index contributed by atoms with van der Waals surface area (Å²) in [5, 5.41) is 9.11.